The minimum absolute atomic E-state index is 0.116. The third-order valence-electron chi connectivity index (χ3n) is 3.18. The molecule has 1 fully saturated rings. The molecule has 5 nitrogen and oxygen atoms in total. The first kappa shape index (κ1) is 14.1. The van der Waals surface area contributed by atoms with Crippen molar-refractivity contribution in [1.82, 2.24) is 4.90 Å². The monoisotopic (exact) mass is 329 g/mol. The Bertz CT molecular complexity index is 471. The maximum Gasteiger partial charge on any atom is 0.310 e. The number of hydrogen-bond donors (Lipinski definition) is 0. The fourth-order valence-electron chi connectivity index (χ4n) is 2.23. The van der Waals surface area contributed by atoms with Gasteiger partial charge in [-0.2, -0.15) is 0 Å². The number of piperidine rings is 1. The van der Waals surface area contributed by atoms with Crippen molar-refractivity contribution in [2.24, 2.45) is 5.92 Å². The van der Waals surface area contributed by atoms with Gasteiger partial charge < -0.3 is 14.1 Å². The Morgan fingerprint density at radius 2 is 2.37 bits per heavy atom. The van der Waals surface area contributed by atoms with Crippen molar-refractivity contribution in [2.75, 3.05) is 19.7 Å². The lowest BCUT2D eigenvalue weighted by Crippen LogP contribution is -2.42. The van der Waals surface area contributed by atoms with Gasteiger partial charge >= 0.3 is 5.97 Å². The number of nitrogens with zero attached hydrogens (tertiary/aromatic N) is 1. The van der Waals surface area contributed by atoms with Gasteiger partial charge in [-0.1, -0.05) is 0 Å². The number of ether oxygens (including phenoxy) is 1. The van der Waals surface area contributed by atoms with E-state index < -0.39 is 0 Å². The molecule has 0 saturated carbocycles. The predicted molar refractivity (Wildman–Crippen MR) is 71.7 cm³/mol. The quantitative estimate of drug-likeness (QED) is 0.799. The summed E-state index contributed by atoms with van der Waals surface area (Å²) in [5.41, 5.74) is 0.490. The van der Waals surface area contributed by atoms with Crippen molar-refractivity contribution in [3.63, 3.8) is 0 Å². The van der Waals surface area contributed by atoms with Crippen molar-refractivity contribution in [3.05, 3.63) is 22.6 Å². The normalized spacial score (nSPS) is 19.3. The summed E-state index contributed by atoms with van der Waals surface area (Å²) >= 11 is 3.20. The van der Waals surface area contributed by atoms with Crippen LogP contribution in [0.4, 0.5) is 0 Å². The molecule has 0 spiro atoms. The van der Waals surface area contributed by atoms with Gasteiger partial charge in [-0.15, -0.1) is 0 Å². The SMILES string of the molecule is CCOC(=O)[C@@H]1CCCN(C(=O)c2ccoc2Br)C1. The third-order valence-corrected chi connectivity index (χ3v) is 3.79. The van der Waals surface area contributed by atoms with Gasteiger partial charge in [-0.05, 0) is 41.8 Å². The second kappa shape index (κ2) is 6.23. The highest BCUT2D eigenvalue weighted by Gasteiger charge is 2.30. The standard InChI is InChI=1S/C13H16BrNO4/c1-2-18-13(17)9-4-3-6-15(8-9)12(16)10-5-7-19-11(10)14/h5,7,9H,2-4,6,8H2,1H3/t9-/m1/s1. The largest absolute Gasteiger partial charge is 0.466 e. The van der Waals surface area contributed by atoms with Gasteiger partial charge in [0.2, 0.25) is 0 Å². The summed E-state index contributed by atoms with van der Waals surface area (Å²) in [4.78, 5) is 25.7. The van der Waals surface area contributed by atoms with Crippen LogP contribution in [0, 0.1) is 5.92 Å². The molecular weight excluding hydrogens is 314 g/mol. The number of carbonyl (C=O) groups is 2. The summed E-state index contributed by atoms with van der Waals surface area (Å²) in [5.74, 6) is -0.552. The van der Waals surface area contributed by atoms with E-state index in [9.17, 15) is 9.59 Å². The van der Waals surface area contributed by atoms with Gasteiger partial charge in [0.1, 0.15) is 0 Å². The number of halogens is 1. The second-order valence-corrected chi connectivity index (χ2v) is 5.17. The van der Waals surface area contributed by atoms with E-state index in [4.69, 9.17) is 9.15 Å². The van der Waals surface area contributed by atoms with Crippen molar-refractivity contribution in [1.29, 1.82) is 0 Å². The van der Waals surface area contributed by atoms with Crippen LogP contribution in [0.3, 0.4) is 0 Å². The highest BCUT2D eigenvalue weighted by Crippen LogP contribution is 2.23. The molecule has 1 aliphatic rings. The van der Waals surface area contributed by atoms with Crippen LogP contribution in [0.25, 0.3) is 0 Å². The molecule has 6 heteroatoms. The van der Waals surface area contributed by atoms with Crippen LogP contribution in [0.5, 0.6) is 0 Å². The number of furan rings is 1. The Hall–Kier alpha value is -1.30. The number of amides is 1. The number of carbonyl (C=O) groups excluding carboxylic acids is 2. The molecule has 1 atom stereocenters. The molecule has 0 bridgehead atoms. The summed E-state index contributed by atoms with van der Waals surface area (Å²) in [6, 6.07) is 1.63. The van der Waals surface area contributed by atoms with Gasteiger partial charge in [0.25, 0.3) is 5.91 Å². The average molecular weight is 330 g/mol. The molecule has 104 valence electrons. The van der Waals surface area contributed by atoms with Crippen molar-refractivity contribution in [3.8, 4) is 0 Å². The van der Waals surface area contributed by atoms with Gasteiger partial charge in [-0.25, -0.2) is 0 Å². The molecule has 0 aliphatic carbocycles. The predicted octanol–water partition coefficient (Wildman–Crippen LogP) is 2.46. The fourth-order valence-corrected chi connectivity index (χ4v) is 2.64. The first-order chi connectivity index (χ1) is 9.13. The number of esters is 1. The van der Waals surface area contributed by atoms with Crippen LogP contribution in [-0.4, -0.2) is 36.5 Å². The van der Waals surface area contributed by atoms with Gasteiger partial charge in [0, 0.05) is 13.1 Å². The number of likely N-dealkylation sites (tertiary alicyclic amines) is 1. The Morgan fingerprint density at radius 3 is 3.00 bits per heavy atom. The number of rotatable bonds is 3. The molecule has 2 heterocycles. The lowest BCUT2D eigenvalue weighted by molar-refractivity contribution is -0.149. The van der Waals surface area contributed by atoms with E-state index >= 15 is 0 Å². The molecule has 0 aromatic carbocycles. The zero-order chi connectivity index (χ0) is 13.8. The maximum absolute atomic E-state index is 12.3. The molecule has 0 unspecified atom stereocenters. The van der Waals surface area contributed by atoms with E-state index in [1.54, 1.807) is 17.9 Å². The topological polar surface area (TPSA) is 59.8 Å². The Labute approximate surface area is 120 Å². The van der Waals surface area contributed by atoms with Gasteiger partial charge in [0.05, 0.1) is 24.4 Å². The van der Waals surface area contributed by atoms with Crippen LogP contribution in [0.1, 0.15) is 30.1 Å². The zero-order valence-electron chi connectivity index (χ0n) is 10.7. The van der Waals surface area contributed by atoms with Crippen molar-refractivity contribution >= 4 is 27.8 Å². The second-order valence-electron chi connectivity index (χ2n) is 4.45. The Balaban J connectivity index is 2.03. The molecule has 0 N–H and O–H groups in total. The third kappa shape index (κ3) is 3.18. The molecule has 19 heavy (non-hydrogen) atoms. The summed E-state index contributed by atoms with van der Waals surface area (Å²) < 4.78 is 10.5. The van der Waals surface area contributed by atoms with E-state index in [-0.39, 0.29) is 17.8 Å². The highest BCUT2D eigenvalue weighted by molar-refractivity contribution is 9.10. The van der Waals surface area contributed by atoms with E-state index in [1.165, 1.54) is 6.26 Å². The van der Waals surface area contributed by atoms with Crippen LogP contribution in [0.15, 0.2) is 21.4 Å². The lowest BCUT2D eigenvalue weighted by Gasteiger charge is -2.31. The van der Waals surface area contributed by atoms with E-state index in [1.807, 2.05) is 0 Å². The zero-order valence-corrected chi connectivity index (χ0v) is 12.3. The molecular formula is C13H16BrNO4. The minimum Gasteiger partial charge on any atom is -0.466 e. The summed E-state index contributed by atoms with van der Waals surface area (Å²) in [5, 5.41) is 0. The molecule has 1 aromatic heterocycles. The lowest BCUT2D eigenvalue weighted by atomic mass is 9.98. The smallest absolute Gasteiger partial charge is 0.310 e. The fraction of sp³-hybridized carbons (Fsp3) is 0.538. The Kier molecular flexibility index (Phi) is 4.63. The van der Waals surface area contributed by atoms with Gasteiger partial charge in [0.15, 0.2) is 4.67 Å². The highest BCUT2D eigenvalue weighted by atomic mass is 79.9. The molecule has 0 radical (unpaired) electrons. The molecule has 1 saturated heterocycles. The van der Waals surface area contributed by atoms with Crippen LogP contribution < -0.4 is 0 Å². The molecule has 1 amide bonds. The van der Waals surface area contributed by atoms with Gasteiger partial charge in [-0.3, -0.25) is 9.59 Å². The molecule has 2 rings (SSSR count). The van der Waals surface area contributed by atoms with E-state index in [0.29, 0.717) is 29.9 Å². The maximum atomic E-state index is 12.3. The molecule has 1 aromatic rings. The van der Waals surface area contributed by atoms with Crippen LogP contribution in [0.2, 0.25) is 0 Å². The molecule has 1 aliphatic heterocycles. The summed E-state index contributed by atoms with van der Waals surface area (Å²) in [6.07, 6.45) is 3.05. The average Bonchev–Trinajstić information content (AvgIpc) is 2.84. The van der Waals surface area contributed by atoms with Crippen molar-refractivity contribution < 1.29 is 18.7 Å². The minimum atomic E-state index is -0.219. The summed E-state index contributed by atoms with van der Waals surface area (Å²) in [7, 11) is 0. The van der Waals surface area contributed by atoms with E-state index in [2.05, 4.69) is 15.9 Å². The number of hydrogen-bond acceptors (Lipinski definition) is 4. The summed E-state index contributed by atoms with van der Waals surface area (Å²) in [6.45, 7) is 3.23. The van der Waals surface area contributed by atoms with Crippen molar-refractivity contribution in [2.45, 2.75) is 19.8 Å². The van der Waals surface area contributed by atoms with E-state index in [0.717, 1.165) is 12.8 Å². The first-order valence-electron chi connectivity index (χ1n) is 6.32. The van der Waals surface area contributed by atoms with Crippen LogP contribution in [-0.2, 0) is 9.53 Å². The van der Waals surface area contributed by atoms with Crippen LogP contribution >= 0.6 is 15.9 Å². The Morgan fingerprint density at radius 1 is 1.58 bits per heavy atom. The first-order valence-corrected chi connectivity index (χ1v) is 7.11.